The smallest absolute Gasteiger partial charge is 0.405 e. The van der Waals surface area contributed by atoms with Crippen LogP contribution in [0, 0.1) is 0 Å². The van der Waals surface area contributed by atoms with E-state index in [4.69, 9.17) is 15.0 Å². The lowest BCUT2D eigenvalue weighted by Gasteiger charge is -2.24. The van der Waals surface area contributed by atoms with E-state index < -0.39 is 49.1 Å². The zero-order valence-electron chi connectivity index (χ0n) is 22.2. The van der Waals surface area contributed by atoms with Gasteiger partial charge in [0.1, 0.15) is 30.3 Å². The summed E-state index contributed by atoms with van der Waals surface area (Å²) < 4.78 is 12.8. The van der Waals surface area contributed by atoms with Crippen LogP contribution in [-0.2, 0) is 16.0 Å². The number of aliphatic hydroxyl groups excluding tert-OH is 2. The summed E-state index contributed by atoms with van der Waals surface area (Å²) in [5, 5.41) is 38.7. The molecule has 3 aromatic rings. The van der Waals surface area contributed by atoms with E-state index in [1.54, 1.807) is 43.3 Å². The molecule has 1 aromatic carbocycles. The van der Waals surface area contributed by atoms with E-state index in [0.717, 1.165) is 0 Å². The molecular weight excluding hydrogens is 540 g/mol. The number of nitrogens with one attached hydrogen (secondary N) is 2. The molecule has 218 valence electrons. The average Bonchev–Trinajstić information content (AvgIpc) is 3.51. The molecule has 0 saturated carbocycles. The molecular formula is C24H30N10O7. The zero-order chi connectivity index (χ0) is 29.5. The third kappa shape index (κ3) is 6.72. The largest absolute Gasteiger partial charge is 0.493 e. The number of azide groups is 1. The van der Waals surface area contributed by atoms with Crippen LogP contribution in [-0.4, -0.2) is 105 Å². The number of benzene rings is 1. The van der Waals surface area contributed by atoms with Crippen LogP contribution in [0.3, 0.4) is 0 Å². The van der Waals surface area contributed by atoms with Gasteiger partial charge in [-0.15, -0.1) is 0 Å². The summed E-state index contributed by atoms with van der Waals surface area (Å²) >= 11 is 0. The maximum Gasteiger partial charge on any atom is 0.405 e. The van der Waals surface area contributed by atoms with Gasteiger partial charge in [-0.25, -0.2) is 19.7 Å². The third-order valence-corrected chi connectivity index (χ3v) is 6.40. The number of hydrogen-bond acceptors (Lipinski definition) is 11. The minimum Gasteiger partial charge on any atom is -0.493 e. The topological polar surface area (TPSA) is 233 Å². The molecule has 1 fully saturated rings. The summed E-state index contributed by atoms with van der Waals surface area (Å²) in [7, 11) is 3.60. The molecule has 17 nitrogen and oxygen atoms in total. The van der Waals surface area contributed by atoms with Crippen molar-refractivity contribution >= 4 is 29.0 Å². The van der Waals surface area contributed by atoms with Gasteiger partial charge in [-0.1, -0.05) is 17.2 Å². The van der Waals surface area contributed by atoms with Crippen molar-refractivity contribution in [3.63, 3.8) is 0 Å². The molecule has 0 aliphatic carbocycles. The van der Waals surface area contributed by atoms with Crippen molar-refractivity contribution in [3.05, 3.63) is 52.9 Å². The van der Waals surface area contributed by atoms with Crippen molar-refractivity contribution in [2.24, 2.45) is 5.11 Å². The number of carbonyl (C=O) groups is 2. The molecule has 1 aliphatic heterocycles. The van der Waals surface area contributed by atoms with Gasteiger partial charge in [0.05, 0.1) is 32.1 Å². The first-order valence-corrected chi connectivity index (χ1v) is 12.5. The van der Waals surface area contributed by atoms with Gasteiger partial charge < -0.3 is 40.3 Å². The molecule has 2 aromatic heterocycles. The fourth-order valence-corrected chi connectivity index (χ4v) is 4.49. The first kappa shape index (κ1) is 29.3. The van der Waals surface area contributed by atoms with Gasteiger partial charge in [-0.3, -0.25) is 9.36 Å². The molecule has 1 saturated heterocycles. The quantitative estimate of drug-likeness (QED) is 0.0853. The average molecular weight is 571 g/mol. The number of rotatable bonds is 12. The second kappa shape index (κ2) is 13.1. The van der Waals surface area contributed by atoms with Crippen LogP contribution in [0.2, 0.25) is 0 Å². The summed E-state index contributed by atoms with van der Waals surface area (Å²) in [6.45, 7) is -0.176. The van der Waals surface area contributed by atoms with Crippen molar-refractivity contribution in [3.8, 4) is 5.75 Å². The number of carboxylic acid groups (broad SMARTS) is 1. The lowest BCUT2D eigenvalue weighted by molar-refractivity contribution is -0.124. The number of amides is 2. The van der Waals surface area contributed by atoms with E-state index in [1.165, 1.54) is 17.2 Å². The van der Waals surface area contributed by atoms with E-state index in [2.05, 4.69) is 35.6 Å². The molecule has 2 amide bonds. The number of carbonyl (C=O) groups excluding carboxylic acids is 1. The number of ether oxygens (including phenoxy) is 2. The predicted octanol–water partition coefficient (Wildman–Crippen LogP) is 0.196. The van der Waals surface area contributed by atoms with E-state index >= 15 is 0 Å². The summed E-state index contributed by atoms with van der Waals surface area (Å²) in [5.41, 5.74) is 9.80. The molecule has 41 heavy (non-hydrogen) atoms. The van der Waals surface area contributed by atoms with Gasteiger partial charge in [0.25, 0.3) is 0 Å². The summed E-state index contributed by atoms with van der Waals surface area (Å²) in [5.74, 6) is 0.342. The highest BCUT2D eigenvalue weighted by molar-refractivity contribution is 5.86. The molecule has 1 aliphatic rings. The molecule has 0 spiro atoms. The Labute approximate surface area is 233 Å². The van der Waals surface area contributed by atoms with Crippen molar-refractivity contribution in [2.75, 3.05) is 38.8 Å². The molecule has 0 bridgehead atoms. The van der Waals surface area contributed by atoms with E-state index in [-0.39, 0.29) is 19.6 Å². The second-order valence-electron chi connectivity index (χ2n) is 9.34. The van der Waals surface area contributed by atoms with Gasteiger partial charge in [0, 0.05) is 25.4 Å². The molecule has 5 atom stereocenters. The number of imidazole rings is 1. The molecule has 0 unspecified atom stereocenters. The Morgan fingerprint density at radius 3 is 2.68 bits per heavy atom. The number of hydrogen-bond donors (Lipinski definition) is 5. The standard InChI is InChI=1S/C24H30N10O7/c1-33(2)20-18-21(27-11-26-20)34(12-28-18)23-19(36)17(16(10-35)41-23)31-22(37)15(30-24(38)39)9-13-3-5-14(6-4-13)40-8-7-29-32-25/h3-6,11-12,15-17,19,23,30,35-36H,7-10H2,1-2H3,(H,31,37)(H,38,39)/t15-,16+,17+,19+,23+/m0/s1. The van der Waals surface area contributed by atoms with Crippen LogP contribution in [0.4, 0.5) is 10.6 Å². The Balaban J connectivity index is 1.48. The number of aromatic nitrogens is 4. The van der Waals surface area contributed by atoms with Crippen LogP contribution < -0.4 is 20.3 Å². The second-order valence-corrected chi connectivity index (χ2v) is 9.34. The summed E-state index contributed by atoms with van der Waals surface area (Å²) in [6.07, 6.45) is -2.03. The Morgan fingerprint density at radius 2 is 2.02 bits per heavy atom. The fourth-order valence-electron chi connectivity index (χ4n) is 4.49. The van der Waals surface area contributed by atoms with Crippen LogP contribution in [0.15, 0.2) is 42.0 Å². The van der Waals surface area contributed by atoms with Crippen LogP contribution in [0.1, 0.15) is 11.8 Å². The van der Waals surface area contributed by atoms with Crippen molar-refractivity contribution in [2.45, 2.75) is 36.9 Å². The summed E-state index contributed by atoms with van der Waals surface area (Å²) in [6, 6.07) is 4.32. The van der Waals surface area contributed by atoms with Gasteiger partial charge in [0.15, 0.2) is 23.2 Å². The Kier molecular flexibility index (Phi) is 9.36. The lowest BCUT2D eigenvalue weighted by Crippen LogP contribution is -2.55. The minimum atomic E-state index is -1.41. The third-order valence-electron chi connectivity index (χ3n) is 6.40. The normalized spacial score (nSPS) is 20.7. The zero-order valence-corrected chi connectivity index (χ0v) is 22.2. The van der Waals surface area contributed by atoms with E-state index in [0.29, 0.717) is 28.3 Å². The van der Waals surface area contributed by atoms with Crippen LogP contribution in [0.25, 0.3) is 21.6 Å². The maximum absolute atomic E-state index is 13.2. The minimum absolute atomic E-state index is 0.00950. The van der Waals surface area contributed by atoms with E-state index in [9.17, 15) is 24.9 Å². The molecule has 17 heteroatoms. The van der Waals surface area contributed by atoms with Crippen molar-refractivity contribution in [1.82, 2.24) is 30.2 Å². The molecule has 5 N–H and O–H groups in total. The molecule has 4 rings (SSSR count). The number of nitrogens with zero attached hydrogens (tertiary/aromatic N) is 8. The van der Waals surface area contributed by atoms with Crippen molar-refractivity contribution < 1.29 is 34.4 Å². The summed E-state index contributed by atoms with van der Waals surface area (Å²) in [4.78, 5) is 41.9. The Hall–Kier alpha value is -4.70. The van der Waals surface area contributed by atoms with Crippen LogP contribution in [0.5, 0.6) is 5.75 Å². The van der Waals surface area contributed by atoms with Gasteiger partial charge >= 0.3 is 6.09 Å². The highest BCUT2D eigenvalue weighted by Crippen LogP contribution is 2.32. The van der Waals surface area contributed by atoms with Gasteiger partial charge in [-0.05, 0) is 23.2 Å². The number of anilines is 1. The monoisotopic (exact) mass is 570 g/mol. The molecule has 0 radical (unpaired) electrons. The highest BCUT2D eigenvalue weighted by atomic mass is 16.5. The SMILES string of the molecule is CN(C)c1ncnc2c1ncn2[C@@H]1O[C@H](CO)[C@@H](NC(=O)[C@H](Cc2ccc(OCCN=[N+]=[N-])cc2)NC(=O)O)[C@H]1O. The predicted molar refractivity (Wildman–Crippen MR) is 143 cm³/mol. The van der Waals surface area contributed by atoms with Crippen LogP contribution >= 0.6 is 0 Å². The number of aliphatic hydroxyl groups is 2. The molecule has 3 heterocycles. The van der Waals surface area contributed by atoms with Crippen molar-refractivity contribution in [1.29, 1.82) is 0 Å². The number of fused-ring (bicyclic) bond motifs is 1. The van der Waals surface area contributed by atoms with E-state index in [1.807, 2.05) is 0 Å². The van der Waals surface area contributed by atoms with Gasteiger partial charge in [0.2, 0.25) is 5.91 Å². The Bertz CT molecular complexity index is 1410. The van der Waals surface area contributed by atoms with Gasteiger partial charge in [-0.2, -0.15) is 0 Å². The highest BCUT2D eigenvalue weighted by Gasteiger charge is 2.46. The lowest BCUT2D eigenvalue weighted by atomic mass is 10.0. The first-order chi connectivity index (χ1) is 19.7. The first-order valence-electron chi connectivity index (χ1n) is 12.5. The fraction of sp³-hybridized carbons (Fsp3) is 0.458. The Morgan fingerprint density at radius 1 is 1.27 bits per heavy atom. The maximum atomic E-state index is 13.2.